The summed E-state index contributed by atoms with van der Waals surface area (Å²) < 4.78 is 5.81. The number of benzene rings is 2. The zero-order valence-electron chi connectivity index (χ0n) is 12.9. The molecule has 0 heterocycles. The van der Waals surface area contributed by atoms with Crippen LogP contribution in [0, 0.1) is 0 Å². The van der Waals surface area contributed by atoms with Gasteiger partial charge in [-0.05, 0) is 53.8 Å². The number of fused-ring (bicyclic) bond motifs is 1. The third kappa shape index (κ3) is 4.52. The molecule has 4 heteroatoms. The molecule has 23 heavy (non-hydrogen) atoms. The molecule has 115 valence electrons. The van der Waals surface area contributed by atoms with Crippen LogP contribution in [-0.4, -0.2) is 10.9 Å². The zero-order chi connectivity index (χ0) is 15.4. The minimum atomic E-state index is 0. The number of aliphatic hydroxyl groups excluding tert-OH is 1. The van der Waals surface area contributed by atoms with Crippen LogP contribution in [0.1, 0.15) is 39.9 Å². The van der Waals surface area contributed by atoms with E-state index < -0.39 is 0 Å². The van der Waals surface area contributed by atoms with Crippen LogP contribution in [-0.2, 0) is 45.7 Å². The normalized spacial score (nSPS) is 13.5. The molecule has 0 saturated carbocycles. The average Bonchev–Trinajstić information content (AvgIpc) is 2.55. The number of aryl methyl sites for hydroxylation is 1. The fraction of sp³-hybridized carbons (Fsp3) is 0.211. The van der Waals surface area contributed by atoms with Gasteiger partial charge in [0.2, 0.25) is 0 Å². The third-order valence-corrected chi connectivity index (χ3v) is 3.88. The third-order valence-electron chi connectivity index (χ3n) is 3.88. The molecule has 0 aromatic heterocycles. The van der Waals surface area contributed by atoms with E-state index in [4.69, 9.17) is 9.84 Å². The van der Waals surface area contributed by atoms with Crippen molar-refractivity contribution in [3.05, 3.63) is 71.0 Å². The van der Waals surface area contributed by atoms with Crippen LogP contribution in [0.4, 0.5) is 0 Å². The molecule has 1 radical (unpaired) electrons. The van der Waals surface area contributed by atoms with Gasteiger partial charge in [0.25, 0.3) is 0 Å². The van der Waals surface area contributed by atoms with Gasteiger partial charge in [0, 0.05) is 44.7 Å². The van der Waals surface area contributed by atoms with Gasteiger partial charge in [-0.3, -0.25) is 4.79 Å². The number of hydrogen-bond donors (Lipinski definition) is 1. The standard InChI is InChI=1S/C19H18O3.Y/c20-11-10-14-4-6-15(7-5-14)13-22-17-8-9-18-16(12-17)2-1-3-19(18)21;/h4-12,20H,1-3,13H2;/b11-10+;. The van der Waals surface area contributed by atoms with Crippen LogP contribution >= 0.6 is 0 Å². The van der Waals surface area contributed by atoms with Crippen LogP contribution in [0.3, 0.4) is 0 Å². The van der Waals surface area contributed by atoms with Crippen LogP contribution in [0.15, 0.2) is 48.7 Å². The monoisotopic (exact) mass is 383 g/mol. The van der Waals surface area contributed by atoms with Gasteiger partial charge in [-0.1, -0.05) is 24.3 Å². The Morgan fingerprint density at radius 2 is 1.87 bits per heavy atom. The first-order chi connectivity index (χ1) is 10.8. The Morgan fingerprint density at radius 3 is 2.61 bits per heavy atom. The van der Waals surface area contributed by atoms with E-state index in [1.54, 1.807) is 6.08 Å². The second kappa shape index (κ2) is 8.42. The number of rotatable bonds is 4. The molecular formula is C19H18O3Y. The van der Waals surface area contributed by atoms with Crippen molar-refractivity contribution in [3.8, 4) is 5.75 Å². The first-order valence-corrected chi connectivity index (χ1v) is 7.45. The van der Waals surface area contributed by atoms with Crippen LogP contribution in [0.5, 0.6) is 5.75 Å². The summed E-state index contributed by atoms with van der Waals surface area (Å²) in [6, 6.07) is 13.5. The van der Waals surface area contributed by atoms with Gasteiger partial charge in [0.1, 0.15) is 12.4 Å². The van der Waals surface area contributed by atoms with Crippen LogP contribution < -0.4 is 4.74 Å². The number of Topliss-reactive ketones (excluding diaryl/α,β-unsaturated/α-hetero) is 1. The van der Waals surface area contributed by atoms with Crippen molar-refractivity contribution in [1.29, 1.82) is 0 Å². The Balaban J connectivity index is 0.00000192. The number of hydrogen-bond acceptors (Lipinski definition) is 3. The predicted molar refractivity (Wildman–Crippen MR) is 86.1 cm³/mol. The summed E-state index contributed by atoms with van der Waals surface area (Å²) in [7, 11) is 0. The molecular weight excluding hydrogens is 365 g/mol. The molecule has 2 aromatic carbocycles. The number of ether oxygens (including phenoxy) is 1. The molecule has 2 aromatic rings. The number of carbonyl (C=O) groups is 1. The van der Waals surface area contributed by atoms with E-state index in [0.29, 0.717) is 13.0 Å². The van der Waals surface area contributed by atoms with Gasteiger partial charge in [0.05, 0.1) is 6.26 Å². The Kier molecular flexibility index (Phi) is 6.55. The first kappa shape index (κ1) is 17.9. The maximum absolute atomic E-state index is 11.8. The molecule has 0 aliphatic heterocycles. The van der Waals surface area contributed by atoms with Crippen LogP contribution in [0.2, 0.25) is 0 Å². The molecule has 1 aliphatic carbocycles. The molecule has 1 aliphatic rings. The van der Waals surface area contributed by atoms with Crippen LogP contribution in [0.25, 0.3) is 6.08 Å². The van der Waals surface area contributed by atoms with Crippen molar-refractivity contribution < 1.29 is 47.3 Å². The van der Waals surface area contributed by atoms with Gasteiger partial charge >= 0.3 is 0 Å². The fourth-order valence-corrected chi connectivity index (χ4v) is 2.69. The van der Waals surface area contributed by atoms with Crippen molar-refractivity contribution in [3.63, 3.8) is 0 Å². The minimum Gasteiger partial charge on any atom is -0.516 e. The molecule has 3 rings (SSSR count). The Labute approximate surface area is 161 Å². The molecule has 0 fully saturated rings. The van der Waals surface area contributed by atoms with Crippen molar-refractivity contribution in [2.45, 2.75) is 25.9 Å². The summed E-state index contributed by atoms with van der Waals surface area (Å²) in [5.41, 5.74) is 3.94. The van der Waals surface area contributed by atoms with Gasteiger partial charge < -0.3 is 9.84 Å². The second-order valence-electron chi connectivity index (χ2n) is 5.44. The number of aliphatic hydroxyl groups is 1. The largest absolute Gasteiger partial charge is 0.516 e. The molecule has 3 nitrogen and oxygen atoms in total. The van der Waals surface area contributed by atoms with Crippen molar-refractivity contribution in [2.24, 2.45) is 0 Å². The summed E-state index contributed by atoms with van der Waals surface area (Å²) in [6.07, 6.45) is 5.18. The predicted octanol–water partition coefficient (Wildman–Crippen LogP) is 4.31. The average molecular weight is 383 g/mol. The number of carbonyl (C=O) groups excluding carboxylic acids is 1. The van der Waals surface area contributed by atoms with E-state index in [2.05, 4.69) is 0 Å². The zero-order valence-corrected chi connectivity index (χ0v) is 15.7. The molecule has 0 bridgehead atoms. The van der Waals surface area contributed by atoms with E-state index in [9.17, 15) is 4.79 Å². The second-order valence-corrected chi connectivity index (χ2v) is 5.44. The molecule has 0 saturated heterocycles. The van der Waals surface area contributed by atoms with Gasteiger partial charge in [-0.25, -0.2) is 0 Å². The van der Waals surface area contributed by atoms with E-state index in [-0.39, 0.29) is 38.5 Å². The topological polar surface area (TPSA) is 46.5 Å². The Morgan fingerprint density at radius 1 is 1.09 bits per heavy atom. The molecule has 0 amide bonds. The van der Waals surface area contributed by atoms with Gasteiger partial charge in [0.15, 0.2) is 5.78 Å². The van der Waals surface area contributed by atoms with E-state index >= 15 is 0 Å². The summed E-state index contributed by atoms with van der Waals surface area (Å²) >= 11 is 0. The van der Waals surface area contributed by atoms with E-state index in [1.807, 2.05) is 42.5 Å². The molecule has 1 N–H and O–H groups in total. The number of ketones is 1. The summed E-state index contributed by atoms with van der Waals surface area (Å²) in [5.74, 6) is 1.04. The smallest absolute Gasteiger partial charge is 0.163 e. The van der Waals surface area contributed by atoms with Crippen molar-refractivity contribution in [1.82, 2.24) is 0 Å². The van der Waals surface area contributed by atoms with Gasteiger partial charge in [-0.15, -0.1) is 0 Å². The summed E-state index contributed by atoms with van der Waals surface area (Å²) in [5, 5.41) is 8.73. The Hall–Kier alpha value is -1.45. The van der Waals surface area contributed by atoms with Crippen molar-refractivity contribution >= 4 is 11.9 Å². The maximum Gasteiger partial charge on any atom is 0.163 e. The quantitative estimate of drug-likeness (QED) is 0.801. The minimum absolute atomic E-state index is 0. The molecule has 0 unspecified atom stereocenters. The van der Waals surface area contributed by atoms with E-state index in [1.165, 1.54) is 0 Å². The SMILES string of the molecule is O=C1CCCc2cc(OCc3ccc(/C=C/O)cc3)ccc21.[Y]. The Bertz CT molecular complexity index is 705. The first-order valence-electron chi connectivity index (χ1n) is 7.45. The van der Waals surface area contributed by atoms with Crippen molar-refractivity contribution in [2.75, 3.05) is 0 Å². The fourth-order valence-electron chi connectivity index (χ4n) is 2.69. The summed E-state index contributed by atoms with van der Waals surface area (Å²) in [6.45, 7) is 0.482. The summed E-state index contributed by atoms with van der Waals surface area (Å²) in [4.78, 5) is 11.8. The maximum atomic E-state index is 11.8. The van der Waals surface area contributed by atoms with Gasteiger partial charge in [-0.2, -0.15) is 0 Å². The molecule has 0 atom stereocenters. The molecule has 0 spiro atoms. The van der Waals surface area contributed by atoms with E-state index in [0.717, 1.165) is 47.1 Å².